The van der Waals surface area contributed by atoms with Crippen molar-refractivity contribution >= 4 is 57.1 Å². The molecule has 0 saturated heterocycles. The van der Waals surface area contributed by atoms with Crippen molar-refractivity contribution in [2.75, 3.05) is 16.4 Å². The van der Waals surface area contributed by atoms with Gasteiger partial charge in [-0.25, -0.2) is 0 Å². The second kappa shape index (κ2) is 8.73. The average molecular weight is 419 g/mol. The minimum Gasteiger partial charge on any atom is -0.330 e. The summed E-state index contributed by atoms with van der Waals surface area (Å²) in [6, 6.07) is 11.6. The Labute approximate surface area is 171 Å². The molecule has 1 aromatic heterocycles. The minimum atomic E-state index is -0.112. The summed E-state index contributed by atoms with van der Waals surface area (Å²) >= 11 is 8.85. The van der Waals surface area contributed by atoms with Gasteiger partial charge in [0, 0.05) is 16.4 Å². The molecule has 0 aliphatic carbocycles. The molecule has 27 heavy (non-hydrogen) atoms. The quantitative estimate of drug-likeness (QED) is 0.510. The maximum atomic E-state index is 12.1. The Bertz CT molecular complexity index is 974. The van der Waals surface area contributed by atoms with Crippen molar-refractivity contribution in [1.29, 1.82) is 0 Å². The lowest BCUT2D eigenvalue weighted by molar-refractivity contribution is -0.113. The first kappa shape index (κ1) is 19.7. The normalized spacial score (nSPS) is 10.7. The number of thioether (sulfide) groups is 1. The Kier molecular flexibility index (Phi) is 6.36. The molecule has 0 fully saturated rings. The second-order valence-electron chi connectivity index (χ2n) is 6.10. The zero-order chi connectivity index (χ0) is 19.4. The highest BCUT2D eigenvalue weighted by molar-refractivity contribution is 8.01. The molecule has 0 unspecified atom stereocenters. The van der Waals surface area contributed by atoms with Crippen LogP contribution in [-0.2, 0) is 4.79 Å². The zero-order valence-electron chi connectivity index (χ0n) is 15.2. The minimum absolute atomic E-state index is 0.112. The molecular formula is C19H19ClN4OS2. The molecule has 3 aromatic rings. The third-order valence-electron chi connectivity index (χ3n) is 3.95. The Morgan fingerprint density at radius 2 is 1.78 bits per heavy atom. The molecular weight excluding hydrogens is 400 g/mol. The average Bonchev–Trinajstić information content (AvgIpc) is 3.07. The van der Waals surface area contributed by atoms with Crippen LogP contribution < -0.4 is 10.6 Å². The van der Waals surface area contributed by atoms with E-state index in [0.717, 1.165) is 15.6 Å². The first-order valence-electron chi connectivity index (χ1n) is 8.27. The number of hydrogen-bond acceptors (Lipinski definition) is 6. The molecule has 0 bridgehead atoms. The Balaban J connectivity index is 1.53. The predicted octanol–water partition coefficient (Wildman–Crippen LogP) is 5.59. The lowest BCUT2D eigenvalue weighted by Gasteiger charge is -2.06. The molecule has 0 atom stereocenters. The standard InChI is InChI=1S/C19H19ClN4OS2/c1-11-4-6-14(8-13(11)3)22-18-23-24-19(27-18)26-10-17(25)21-15-7-5-12(2)16(20)9-15/h4-9H,10H2,1-3H3,(H,21,25)(H,22,23). The summed E-state index contributed by atoms with van der Waals surface area (Å²) in [7, 11) is 0. The van der Waals surface area contributed by atoms with Gasteiger partial charge in [-0.05, 0) is 61.7 Å². The Hall–Kier alpha value is -2.09. The highest BCUT2D eigenvalue weighted by Crippen LogP contribution is 2.28. The van der Waals surface area contributed by atoms with Gasteiger partial charge in [-0.1, -0.05) is 46.8 Å². The maximum Gasteiger partial charge on any atom is 0.234 e. The predicted molar refractivity (Wildman–Crippen MR) is 115 cm³/mol. The summed E-state index contributed by atoms with van der Waals surface area (Å²) < 4.78 is 0.735. The fraction of sp³-hybridized carbons (Fsp3) is 0.211. The number of carbonyl (C=O) groups excluding carboxylic acids is 1. The van der Waals surface area contributed by atoms with Gasteiger partial charge >= 0.3 is 0 Å². The number of aromatic nitrogens is 2. The molecule has 0 spiro atoms. The number of benzene rings is 2. The van der Waals surface area contributed by atoms with E-state index in [4.69, 9.17) is 11.6 Å². The number of aryl methyl sites for hydroxylation is 3. The molecule has 2 N–H and O–H groups in total. The van der Waals surface area contributed by atoms with Crippen LogP contribution in [0.3, 0.4) is 0 Å². The summed E-state index contributed by atoms with van der Waals surface area (Å²) in [6.45, 7) is 6.07. The number of nitrogens with zero attached hydrogens (tertiary/aromatic N) is 2. The van der Waals surface area contributed by atoms with Crippen molar-refractivity contribution in [2.45, 2.75) is 25.1 Å². The van der Waals surface area contributed by atoms with Gasteiger partial charge in [0.15, 0.2) is 4.34 Å². The molecule has 1 amide bonds. The summed E-state index contributed by atoms with van der Waals surface area (Å²) in [6.07, 6.45) is 0. The Morgan fingerprint density at radius 1 is 1.04 bits per heavy atom. The topological polar surface area (TPSA) is 66.9 Å². The largest absolute Gasteiger partial charge is 0.330 e. The molecule has 2 aromatic carbocycles. The molecule has 1 heterocycles. The van der Waals surface area contributed by atoms with Gasteiger partial charge in [-0.3, -0.25) is 4.79 Å². The van der Waals surface area contributed by atoms with Crippen LogP contribution in [0.4, 0.5) is 16.5 Å². The van der Waals surface area contributed by atoms with E-state index in [1.165, 1.54) is 34.2 Å². The number of rotatable bonds is 6. The van der Waals surface area contributed by atoms with Crippen molar-refractivity contribution in [3.05, 3.63) is 58.1 Å². The fourth-order valence-electron chi connectivity index (χ4n) is 2.26. The molecule has 8 heteroatoms. The van der Waals surface area contributed by atoms with Gasteiger partial charge in [0.2, 0.25) is 11.0 Å². The van der Waals surface area contributed by atoms with Crippen LogP contribution in [-0.4, -0.2) is 21.9 Å². The van der Waals surface area contributed by atoms with E-state index in [1.54, 1.807) is 6.07 Å². The molecule has 0 radical (unpaired) electrons. The number of hydrogen-bond donors (Lipinski definition) is 2. The molecule has 0 aliphatic rings. The van der Waals surface area contributed by atoms with E-state index in [0.29, 0.717) is 15.8 Å². The monoisotopic (exact) mass is 418 g/mol. The van der Waals surface area contributed by atoms with E-state index in [1.807, 2.05) is 25.1 Å². The van der Waals surface area contributed by atoms with E-state index in [-0.39, 0.29) is 11.7 Å². The summed E-state index contributed by atoms with van der Waals surface area (Å²) in [4.78, 5) is 12.1. The van der Waals surface area contributed by atoms with Crippen LogP contribution in [0.5, 0.6) is 0 Å². The van der Waals surface area contributed by atoms with E-state index < -0.39 is 0 Å². The first-order chi connectivity index (χ1) is 12.9. The van der Waals surface area contributed by atoms with Crippen LogP contribution >= 0.6 is 34.7 Å². The Morgan fingerprint density at radius 3 is 2.52 bits per heavy atom. The molecule has 140 valence electrons. The summed E-state index contributed by atoms with van der Waals surface area (Å²) in [5, 5.41) is 15.7. The lowest BCUT2D eigenvalue weighted by atomic mass is 10.1. The lowest BCUT2D eigenvalue weighted by Crippen LogP contribution is -2.13. The van der Waals surface area contributed by atoms with E-state index in [2.05, 4.69) is 46.8 Å². The summed E-state index contributed by atoms with van der Waals surface area (Å²) in [5.41, 5.74) is 5.09. The van der Waals surface area contributed by atoms with Gasteiger partial charge in [0.1, 0.15) is 0 Å². The smallest absolute Gasteiger partial charge is 0.234 e. The van der Waals surface area contributed by atoms with Crippen LogP contribution in [0, 0.1) is 20.8 Å². The van der Waals surface area contributed by atoms with Crippen LogP contribution in [0.1, 0.15) is 16.7 Å². The van der Waals surface area contributed by atoms with Crippen molar-refractivity contribution in [1.82, 2.24) is 10.2 Å². The SMILES string of the molecule is Cc1ccc(Nc2nnc(SCC(=O)Nc3ccc(C)c(Cl)c3)s2)cc1C. The number of amides is 1. The van der Waals surface area contributed by atoms with Crippen molar-refractivity contribution in [3.63, 3.8) is 0 Å². The highest BCUT2D eigenvalue weighted by atomic mass is 35.5. The summed E-state index contributed by atoms with van der Waals surface area (Å²) in [5.74, 6) is 0.142. The second-order valence-corrected chi connectivity index (χ2v) is 8.71. The van der Waals surface area contributed by atoms with Crippen LogP contribution in [0.15, 0.2) is 40.7 Å². The molecule has 3 rings (SSSR count). The first-order valence-corrected chi connectivity index (χ1v) is 10.5. The zero-order valence-corrected chi connectivity index (χ0v) is 17.6. The fourth-order valence-corrected chi connectivity index (χ4v) is 4.01. The molecule has 5 nitrogen and oxygen atoms in total. The molecule has 0 saturated carbocycles. The van der Waals surface area contributed by atoms with Gasteiger partial charge in [-0.2, -0.15) is 0 Å². The van der Waals surface area contributed by atoms with Crippen molar-refractivity contribution < 1.29 is 4.79 Å². The number of nitrogens with one attached hydrogen (secondary N) is 2. The van der Waals surface area contributed by atoms with Gasteiger partial charge in [0.25, 0.3) is 0 Å². The van der Waals surface area contributed by atoms with Crippen molar-refractivity contribution in [3.8, 4) is 0 Å². The third-order valence-corrected chi connectivity index (χ3v) is 6.33. The third kappa shape index (κ3) is 5.45. The van der Waals surface area contributed by atoms with Crippen molar-refractivity contribution in [2.24, 2.45) is 0 Å². The number of carbonyl (C=O) groups is 1. The number of anilines is 3. The van der Waals surface area contributed by atoms with Gasteiger partial charge in [0.05, 0.1) is 5.75 Å². The van der Waals surface area contributed by atoms with Crippen LogP contribution in [0.25, 0.3) is 0 Å². The van der Waals surface area contributed by atoms with Gasteiger partial charge < -0.3 is 10.6 Å². The number of halogens is 1. The highest BCUT2D eigenvalue weighted by Gasteiger charge is 2.10. The van der Waals surface area contributed by atoms with E-state index in [9.17, 15) is 4.79 Å². The molecule has 0 aliphatic heterocycles. The van der Waals surface area contributed by atoms with Crippen LogP contribution in [0.2, 0.25) is 5.02 Å². The maximum absolute atomic E-state index is 12.1. The van der Waals surface area contributed by atoms with E-state index >= 15 is 0 Å². The van der Waals surface area contributed by atoms with Gasteiger partial charge in [-0.15, -0.1) is 10.2 Å².